The van der Waals surface area contributed by atoms with Gasteiger partial charge in [-0.3, -0.25) is 10.2 Å². The van der Waals surface area contributed by atoms with E-state index < -0.39 is 0 Å². The number of piperidine rings is 1. The van der Waals surface area contributed by atoms with E-state index >= 15 is 0 Å². The molecule has 0 aromatic heterocycles. The summed E-state index contributed by atoms with van der Waals surface area (Å²) in [5.41, 5.74) is 8.33. The minimum Gasteiger partial charge on any atom is -0.398 e. The normalized spacial score (nSPS) is 15.7. The van der Waals surface area contributed by atoms with Gasteiger partial charge in [-0.25, -0.2) is 0 Å². The van der Waals surface area contributed by atoms with E-state index in [2.05, 4.69) is 16.0 Å². The Morgan fingerprint density at radius 1 is 1.27 bits per heavy atom. The van der Waals surface area contributed by atoms with Crippen molar-refractivity contribution in [3.8, 4) is 0 Å². The van der Waals surface area contributed by atoms with Crippen LogP contribution in [0.3, 0.4) is 0 Å². The Balaban J connectivity index is 1.91. The monoisotopic (exact) mass is 371 g/mol. The molecule has 0 radical (unpaired) electrons. The first-order chi connectivity index (χ1) is 12.6. The second kappa shape index (κ2) is 8.21. The molecule has 0 bridgehead atoms. The molecule has 1 aliphatic rings. The van der Waals surface area contributed by atoms with Crippen LogP contribution in [0.5, 0.6) is 0 Å². The molecule has 0 spiro atoms. The Kier molecular flexibility index (Phi) is 5.75. The van der Waals surface area contributed by atoms with Gasteiger partial charge in [0, 0.05) is 40.0 Å². The van der Waals surface area contributed by atoms with Crippen LogP contribution in [0.15, 0.2) is 42.2 Å². The van der Waals surface area contributed by atoms with Crippen molar-refractivity contribution < 1.29 is 4.79 Å². The lowest BCUT2D eigenvalue weighted by atomic mass is 10.0. The van der Waals surface area contributed by atoms with Crippen molar-refractivity contribution in [1.82, 2.24) is 10.6 Å². The third-order valence-corrected chi connectivity index (χ3v) is 4.74. The molecule has 7 heteroatoms. The Bertz CT molecular complexity index is 858. The average Bonchev–Trinajstić information content (AvgIpc) is 2.66. The number of aldehydes is 1. The molecular formula is C19H22ClN5O. The van der Waals surface area contributed by atoms with Crippen molar-refractivity contribution in [3.05, 3.63) is 47.8 Å². The highest BCUT2D eigenvalue weighted by atomic mass is 35.5. The van der Waals surface area contributed by atoms with E-state index in [4.69, 9.17) is 22.7 Å². The zero-order valence-corrected chi connectivity index (χ0v) is 15.1. The third kappa shape index (κ3) is 3.98. The summed E-state index contributed by atoms with van der Waals surface area (Å²) in [5.74, 6) is 0. The molecular weight excluding hydrogens is 350 g/mol. The maximum absolute atomic E-state index is 11.3. The van der Waals surface area contributed by atoms with Gasteiger partial charge in [0.15, 0.2) is 6.29 Å². The number of halogens is 1. The molecule has 6 nitrogen and oxygen atoms in total. The summed E-state index contributed by atoms with van der Waals surface area (Å²) >= 11 is 5.97. The van der Waals surface area contributed by atoms with E-state index in [-0.39, 0.29) is 5.17 Å². The van der Waals surface area contributed by atoms with Crippen molar-refractivity contribution in [2.45, 2.75) is 18.9 Å². The smallest absolute Gasteiger partial charge is 0.150 e. The van der Waals surface area contributed by atoms with Gasteiger partial charge in [0.05, 0.1) is 5.70 Å². The molecule has 2 aromatic carbocycles. The van der Waals surface area contributed by atoms with Crippen LogP contribution >= 0.6 is 11.6 Å². The van der Waals surface area contributed by atoms with Gasteiger partial charge in [-0.15, -0.1) is 0 Å². The highest BCUT2D eigenvalue weighted by Crippen LogP contribution is 2.31. The van der Waals surface area contributed by atoms with Crippen molar-refractivity contribution in [2.75, 3.05) is 24.1 Å². The minimum atomic E-state index is -0.0945. The summed E-state index contributed by atoms with van der Waals surface area (Å²) in [5, 5.41) is 19.1. The van der Waals surface area contributed by atoms with Gasteiger partial charge in [-0.2, -0.15) is 0 Å². The van der Waals surface area contributed by atoms with Gasteiger partial charge in [0.25, 0.3) is 0 Å². The number of carbonyl (C=O) groups is 1. The third-order valence-electron chi connectivity index (χ3n) is 4.54. The van der Waals surface area contributed by atoms with Gasteiger partial charge in [0.2, 0.25) is 0 Å². The predicted octanol–water partition coefficient (Wildman–Crippen LogP) is 3.05. The number of benzene rings is 2. The van der Waals surface area contributed by atoms with Crippen molar-refractivity contribution in [1.29, 1.82) is 5.41 Å². The number of fused-ring (bicyclic) bond motifs is 1. The van der Waals surface area contributed by atoms with Gasteiger partial charge < -0.3 is 21.7 Å². The molecule has 6 N–H and O–H groups in total. The van der Waals surface area contributed by atoms with Crippen LogP contribution in [0.25, 0.3) is 10.8 Å². The lowest BCUT2D eigenvalue weighted by Crippen LogP contribution is -2.38. The summed E-state index contributed by atoms with van der Waals surface area (Å²) in [6.07, 6.45) is 4.58. The highest BCUT2D eigenvalue weighted by Gasteiger charge is 2.13. The topological polar surface area (TPSA) is 103 Å². The number of carbonyl (C=O) groups excluding carboxylic acids is 1. The van der Waals surface area contributed by atoms with Crippen molar-refractivity contribution in [2.24, 2.45) is 0 Å². The van der Waals surface area contributed by atoms with E-state index in [0.29, 0.717) is 28.4 Å². The number of anilines is 2. The molecule has 1 saturated heterocycles. The second-order valence-electron chi connectivity index (χ2n) is 6.28. The molecule has 1 heterocycles. The number of allylic oxidation sites excluding steroid dienone is 1. The first kappa shape index (κ1) is 18.2. The molecule has 136 valence electrons. The summed E-state index contributed by atoms with van der Waals surface area (Å²) in [7, 11) is 0. The number of nitrogens with two attached hydrogens (primary N) is 1. The molecule has 1 fully saturated rings. The SMILES string of the molecule is N=C(Cl)/C(=C\NC1CCNCC1)Nc1ccc(N)c2c(C=O)cccc12. The van der Waals surface area contributed by atoms with Crippen molar-refractivity contribution in [3.63, 3.8) is 0 Å². The Labute approximate surface area is 157 Å². The number of hydrogen-bond acceptors (Lipinski definition) is 6. The van der Waals surface area contributed by atoms with Crippen LogP contribution in [0, 0.1) is 5.41 Å². The van der Waals surface area contributed by atoms with Gasteiger partial charge in [-0.1, -0.05) is 29.8 Å². The molecule has 1 aliphatic heterocycles. The van der Waals surface area contributed by atoms with Crippen LogP contribution in [0.4, 0.5) is 11.4 Å². The first-order valence-corrected chi connectivity index (χ1v) is 8.92. The molecule has 26 heavy (non-hydrogen) atoms. The fourth-order valence-electron chi connectivity index (χ4n) is 3.16. The standard InChI is InChI=1S/C19H22ClN5O/c20-19(22)17(10-24-13-6-8-23-9-7-13)25-16-5-4-15(21)18-12(11-26)2-1-3-14(16)18/h1-5,10-11,13,22-25H,6-9,21H2/b17-10+,22-19?. The van der Waals surface area contributed by atoms with Gasteiger partial charge >= 0.3 is 0 Å². The second-order valence-corrected chi connectivity index (χ2v) is 6.66. The molecule has 0 aliphatic carbocycles. The lowest BCUT2D eigenvalue weighted by molar-refractivity contribution is 0.112. The van der Waals surface area contributed by atoms with Crippen LogP contribution in [0.2, 0.25) is 0 Å². The lowest BCUT2D eigenvalue weighted by Gasteiger charge is -2.23. The number of hydrogen-bond donors (Lipinski definition) is 5. The molecule has 0 atom stereocenters. The summed E-state index contributed by atoms with van der Waals surface area (Å²) < 4.78 is 0. The van der Waals surface area contributed by atoms with Gasteiger partial charge in [-0.05, 0) is 38.1 Å². The molecule has 2 aromatic rings. The van der Waals surface area contributed by atoms with Crippen molar-refractivity contribution >= 4 is 45.2 Å². The maximum atomic E-state index is 11.3. The van der Waals surface area contributed by atoms with E-state index in [9.17, 15) is 4.79 Å². The Morgan fingerprint density at radius 2 is 2.04 bits per heavy atom. The number of rotatable bonds is 6. The largest absolute Gasteiger partial charge is 0.398 e. The van der Waals surface area contributed by atoms with E-state index in [1.807, 2.05) is 12.1 Å². The van der Waals surface area contributed by atoms with Crippen LogP contribution < -0.4 is 21.7 Å². The van der Waals surface area contributed by atoms with Crippen LogP contribution in [-0.2, 0) is 0 Å². The Hall–Kier alpha value is -2.57. The zero-order valence-electron chi connectivity index (χ0n) is 14.3. The molecule has 3 rings (SSSR count). The quantitative estimate of drug-likeness (QED) is 0.305. The minimum absolute atomic E-state index is 0.0945. The van der Waals surface area contributed by atoms with Gasteiger partial charge in [0.1, 0.15) is 5.17 Å². The van der Waals surface area contributed by atoms with Crippen LogP contribution in [-0.4, -0.2) is 30.6 Å². The maximum Gasteiger partial charge on any atom is 0.150 e. The summed E-state index contributed by atoms with van der Waals surface area (Å²) in [4.78, 5) is 11.3. The van der Waals surface area contributed by atoms with Crippen LogP contribution in [0.1, 0.15) is 23.2 Å². The molecule has 0 amide bonds. The Morgan fingerprint density at radius 3 is 2.73 bits per heavy atom. The van der Waals surface area contributed by atoms with E-state index in [1.165, 1.54) is 0 Å². The molecule has 0 unspecified atom stereocenters. The fourth-order valence-corrected chi connectivity index (χ4v) is 3.26. The van der Waals surface area contributed by atoms with E-state index in [1.54, 1.807) is 24.4 Å². The summed E-state index contributed by atoms with van der Waals surface area (Å²) in [6, 6.07) is 9.34. The predicted molar refractivity (Wildman–Crippen MR) is 108 cm³/mol. The number of nitrogens with one attached hydrogen (secondary N) is 4. The fraction of sp³-hybridized carbons (Fsp3) is 0.263. The summed E-state index contributed by atoms with van der Waals surface area (Å²) in [6.45, 7) is 1.95. The highest BCUT2D eigenvalue weighted by molar-refractivity contribution is 6.69. The van der Waals surface area contributed by atoms with E-state index in [0.717, 1.165) is 43.3 Å². The average molecular weight is 372 g/mol. The number of nitrogen functional groups attached to an aromatic ring is 1. The molecule has 0 saturated carbocycles. The zero-order chi connectivity index (χ0) is 18.5. The first-order valence-electron chi connectivity index (χ1n) is 8.55.